The summed E-state index contributed by atoms with van der Waals surface area (Å²) in [6.07, 6.45) is 7.11. The number of benzene rings is 1. The van der Waals surface area contributed by atoms with Gasteiger partial charge in [0.1, 0.15) is 0 Å². The first kappa shape index (κ1) is 14.1. The van der Waals surface area contributed by atoms with Crippen LogP contribution in [0.25, 0.3) is 0 Å². The van der Waals surface area contributed by atoms with Gasteiger partial charge >= 0.3 is 0 Å². The molecule has 0 N–H and O–H groups in total. The van der Waals surface area contributed by atoms with E-state index < -0.39 is 0 Å². The van der Waals surface area contributed by atoms with Crippen LogP contribution in [-0.2, 0) is 6.42 Å². The Balaban J connectivity index is 1.35. The van der Waals surface area contributed by atoms with Crippen molar-refractivity contribution in [2.75, 3.05) is 39.3 Å². The van der Waals surface area contributed by atoms with Gasteiger partial charge in [-0.25, -0.2) is 0 Å². The maximum Gasteiger partial charge on any atom is 0.0110 e. The Morgan fingerprint density at radius 2 is 1.50 bits per heavy atom. The van der Waals surface area contributed by atoms with Crippen LogP contribution in [0.1, 0.15) is 31.2 Å². The Morgan fingerprint density at radius 1 is 0.850 bits per heavy atom. The molecule has 1 saturated carbocycles. The summed E-state index contributed by atoms with van der Waals surface area (Å²) >= 11 is 0. The van der Waals surface area contributed by atoms with E-state index in [9.17, 15) is 0 Å². The first-order valence-corrected chi connectivity index (χ1v) is 8.39. The molecule has 110 valence electrons. The molecule has 0 aromatic heterocycles. The van der Waals surface area contributed by atoms with Crippen LogP contribution >= 0.6 is 0 Å². The van der Waals surface area contributed by atoms with Crippen molar-refractivity contribution in [1.82, 2.24) is 9.80 Å². The molecule has 0 spiro atoms. The van der Waals surface area contributed by atoms with Gasteiger partial charge in [-0.3, -0.25) is 0 Å². The molecule has 1 aromatic rings. The van der Waals surface area contributed by atoms with Crippen molar-refractivity contribution in [2.24, 2.45) is 5.92 Å². The molecule has 0 radical (unpaired) electrons. The Kier molecular flexibility index (Phi) is 5.10. The van der Waals surface area contributed by atoms with Gasteiger partial charge in [0.2, 0.25) is 0 Å². The van der Waals surface area contributed by atoms with E-state index in [-0.39, 0.29) is 0 Å². The lowest BCUT2D eigenvalue weighted by Crippen LogP contribution is -2.48. The van der Waals surface area contributed by atoms with Gasteiger partial charge in [-0.15, -0.1) is 0 Å². The van der Waals surface area contributed by atoms with Gasteiger partial charge in [0.05, 0.1) is 0 Å². The average Bonchev–Trinajstić information content (AvgIpc) is 3.01. The summed E-state index contributed by atoms with van der Waals surface area (Å²) in [6, 6.07) is 10.9. The topological polar surface area (TPSA) is 6.48 Å². The second-order valence-corrected chi connectivity index (χ2v) is 6.53. The second kappa shape index (κ2) is 7.24. The van der Waals surface area contributed by atoms with Crippen LogP contribution in [-0.4, -0.2) is 49.1 Å². The van der Waals surface area contributed by atoms with Crippen LogP contribution in [0.2, 0.25) is 0 Å². The van der Waals surface area contributed by atoms with Crippen LogP contribution < -0.4 is 0 Å². The van der Waals surface area contributed by atoms with Gasteiger partial charge in [0, 0.05) is 39.3 Å². The van der Waals surface area contributed by atoms with E-state index in [1.54, 1.807) is 0 Å². The molecule has 1 aliphatic carbocycles. The first-order valence-electron chi connectivity index (χ1n) is 8.39. The van der Waals surface area contributed by atoms with E-state index in [0.29, 0.717) is 0 Å². The number of hydrogen-bond donors (Lipinski definition) is 0. The second-order valence-electron chi connectivity index (χ2n) is 6.53. The molecule has 3 rings (SSSR count). The molecule has 1 heterocycles. The predicted octanol–water partition coefficient (Wildman–Crippen LogP) is 3.04. The van der Waals surface area contributed by atoms with Crippen LogP contribution in [0.5, 0.6) is 0 Å². The highest BCUT2D eigenvalue weighted by molar-refractivity contribution is 5.14. The Morgan fingerprint density at radius 3 is 2.20 bits per heavy atom. The molecule has 1 saturated heterocycles. The number of piperazine rings is 1. The molecule has 2 heteroatoms. The van der Waals surface area contributed by atoms with E-state index in [0.717, 1.165) is 5.92 Å². The molecule has 0 atom stereocenters. The van der Waals surface area contributed by atoms with Gasteiger partial charge < -0.3 is 9.80 Å². The minimum Gasteiger partial charge on any atom is -0.301 e. The monoisotopic (exact) mass is 272 g/mol. The van der Waals surface area contributed by atoms with Gasteiger partial charge in [-0.1, -0.05) is 43.2 Å². The van der Waals surface area contributed by atoms with E-state index in [2.05, 4.69) is 40.1 Å². The molecule has 0 unspecified atom stereocenters. The van der Waals surface area contributed by atoms with Crippen LogP contribution in [0.4, 0.5) is 0 Å². The zero-order valence-corrected chi connectivity index (χ0v) is 12.6. The van der Waals surface area contributed by atoms with Gasteiger partial charge in [-0.05, 0) is 30.7 Å². The highest BCUT2D eigenvalue weighted by atomic mass is 15.3. The SMILES string of the molecule is c1ccc(CCN2CCN(CC3CCCC3)CC2)cc1. The summed E-state index contributed by atoms with van der Waals surface area (Å²) in [5.74, 6) is 1.01. The summed E-state index contributed by atoms with van der Waals surface area (Å²) < 4.78 is 0. The molecule has 0 bridgehead atoms. The van der Waals surface area contributed by atoms with E-state index in [1.807, 2.05) is 0 Å². The molecule has 1 aliphatic heterocycles. The summed E-state index contributed by atoms with van der Waals surface area (Å²) in [7, 11) is 0. The summed E-state index contributed by atoms with van der Waals surface area (Å²) in [6.45, 7) is 7.68. The zero-order valence-electron chi connectivity index (χ0n) is 12.6. The quantitative estimate of drug-likeness (QED) is 0.813. The van der Waals surface area contributed by atoms with Crippen LogP contribution in [0.3, 0.4) is 0 Å². The largest absolute Gasteiger partial charge is 0.301 e. The lowest BCUT2D eigenvalue weighted by molar-refractivity contribution is 0.119. The Bertz CT molecular complexity index is 376. The lowest BCUT2D eigenvalue weighted by Gasteiger charge is -2.36. The highest BCUT2D eigenvalue weighted by Gasteiger charge is 2.21. The maximum absolute atomic E-state index is 2.70. The van der Waals surface area contributed by atoms with Crippen molar-refractivity contribution in [3.05, 3.63) is 35.9 Å². The Hall–Kier alpha value is -0.860. The van der Waals surface area contributed by atoms with Crippen molar-refractivity contribution in [1.29, 1.82) is 0 Å². The Labute approximate surface area is 123 Å². The third kappa shape index (κ3) is 4.07. The average molecular weight is 272 g/mol. The molecule has 2 nitrogen and oxygen atoms in total. The molecule has 0 amide bonds. The highest BCUT2D eigenvalue weighted by Crippen LogP contribution is 2.25. The normalized spacial score (nSPS) is 22.4. The van der Waals surface area contributed by atoms with Crippen molar-refractivity contribution < 1.29 is 0 Å². The lowest BCUT2D eigenvalue weighted by atomic mass is 10.1. The molecule has 1 aromatic carbocycles. The van der Waals surface area contributed by atoms with Gasteiger partial charge in [-0.2, -0.15) is 0 Å². The fourth-order valence-corrected chi connectivity index (χ4v) is 3.69. The van der Waals surface area contributed by atoms with E-state index in [4.69, 9.17) is 0 Å². The standard InChI is InChI=1S/C18H28N2/c1-2-6-17(7-3-1)10-11-19-12-14-20(15-13-19)16-18-8-4-5-9-18/h1-3,6-7,18H,4-5,8-16H2. The first-order chi connectivity index (χ1) is 9.90. The fraction of sp³-hybridized carbons (Fsp3) is 0.667. The summed E-state index contributed by atoms with van der Waals surface area (Å²) in [5.41, 5.74) is 1.47. The molecule has 2 fully saturated rings. The summed E-state index contributed by atoms with van der Waals surface area (Å²) in [4.78, 5) is 5.34. The molecule has 2 aliphatic rings. The summed E-state index contributed by atoms with van der Waals surface area (Å²) in [5, 5.41) is 0. The van der Waals surface area contributed by atoms with Crippen LogP contribution in [0, 0.1) is 5.92 Å². The smallest absolute Gasteiger partial charge is 0.0110 e. The maximum atomic E-state index is 2.70. The van der Waals surface area contributed by atoms with Crippen molar-refractivity contribution in [3.8, 4) is 0 Å². The molecule has 20 heavy (non-hydrogen) atoms. The molecular weight excluding hydrogens is 244 g/mol. The van der Waals surface area contributed by atoms with Crippen molar-refractivity contribution >= 4 is 0 Å². The van der Waals surface area contributed by atoms with Gasteiger partial charge in [0.25, 0.3) is 0 Å². The van der Waals surface area contributed by atoms with E-state index in [1.165, 1.54) is 76.9 Å². The fourth-order valence-electron chi connectivity index (χ4n) is 3.69. The van der Waals surface area contributed by atoms with Crippen molar-refractivity contribution in [2.45, 2.75) is 32.1 Å². The number of nitrogens with zero attached hydrogens (tertiary/aromatic N) is 2. The third-order valence-electron chi connectivity index (χ3n) is 5.02. The minimum absolute atomic E-state index is 1.01. The number of hydrogen-bond acceptors (Lipinski definition) is 2. The van der Waals surface area contributed by atoms with E-state index >= 15 is 0 Å². The third-order valence-corrected chi connectivity index (χ3v) is 5.02. The van der Waals surface area contributed by atoms with Crippen molar-refractivity contribution in [3.63, 3.8) is 0 Å². The molecular formula is C18H28N2. The predicted molar refractivity (Wildman–Crippen MR) is 85.0 cm³/mol. The van der Waals surface area contributed by atoms with Gasteiger partial charge in [0.15, 0.2) is 0 Å². The zero-order chi connectivity index (χ0) is 13.6. The number of rotatable bonds is 5. The minimum atomic E-state index is 1.01. The van der Waals surface area contributed by atoms with Crippen LogP contribution in [0.15, 0.2) is 30.3 Å².